The molecule has 1 atom stereocenters. The van der Waals surface area contributed by atoms with Gasteiger partial charge in [0, 0.05) is 32.4 Å². The number of carbonyl (C=O) groups is 1. The Morgan fingerprint density at radius 3 is 3.24 bits per heavy atom. The van der Waals surface area contributed by atoms with E-state index in [1.165, 1.54) is 0 Å². The number of aliphatic hydroxyl groups is 1. The third kappa shape index (κ3) is 4.85. The third-order valence-electron chi connectivity index (χ3n) is 3.34. The maximum Gasteiger partial charge on any atom is 0.271 e. The van der Waals surface area contributed by atoms with Gasteiger partial charge in [0.2, 0.25) is 0 Å². The Hall–Kier alpha value is -1.90. The van der Waals surface area contributed by atoms with Gasteiger partial charge in [-0.3, -0.25) is 4.79 Å². The SMILES string of the molecule is O=C(NCCC1CCOC1)c1ncccc1C#CCCO. The number of pyridine rings is 1. The van der Waals surface area contributed by atoms with Gasteiger partial charge in [0.25, 0.3) is 5.91 Å². The predicted molar refractivity (Wildman–Crippen MR) is 78.7 cm³/mol. The summed E-state index contributed by atoms with van der Waals surface area (Å²) < 4.78 is 5.31. The topological polar surface area (TPSA) is 71.5 Å². The molecular formula is C16H20N2O3. The van der Waals surface area contributed by atoms with Gasteiger partial charge < -0.3 is 15.2 Å². The maximum atomic E-state index is 12.1. The summed E-state index contributed by atoms with van der Waals surface area (Å²) in [4.78, 5) is 16.3. The molecule has 0 aromatic carbocycles. The van der Waals surface area contributed by atoms with Crippen LogP contribution in [0.3, 0.4) is 0 Å². The average Bonchev–Trinajstić information content (AvgIpc) is 3.01. The van der Waals surface area contributed by atoms with Crippen molar-refractivity contribution in [2.45, 2.75) is 19.3 Å². The van der Waals surface area contributed by atoms with E-state index < -0.39 is 0 Å². The fourth-order valence-electron chi connectivity index (χ4n) is 2.19. The number of ether oxygens (including phenoxy) is 1. The first kappa shape index (κ1) is 15.5. The molecule has 0 saturated carbocycles. The highest BCUT2D eigenvalue weighted by atomic mass is 16.5. The molecule has 1 amide bonds. The van der Waals surface area contributed by atoms with E-state index in [-0.39, 0.29) is 12.5 Å². The lowest BCUT2D eigenvalue weighted by molar-refractivity contribution is 0.0945. The van der Waals surface area contributed by atoms with Crippen LogP contribution in [-0.4, -0.2) is 42.4 Å². The minimum atomic E-state index is -0.206. The molecule has 5 nitrogen and oxygen atoms in total. The van der Waals surface area contributed by atoms with Crippen LogP contribution in [0.5, 0.6) is 0 Å². The lowest BCUT2D eigenvalue weighted by Gasteiger charge is -2.09. The molecule has 0 spiro atoms. The number of carbonyl (C=O) groups excluding carboxylic acids is 1. The summed E-state index contributed by atoms with van der Waals surface area (Å²) in [5.41, 5.74) is 0.929. The monoisotopic (exact) mass is 288 g/mol. The second kappa shape index (κ2) is 8.40. The number of aliphatic hydroxyl groups excluding tert-OH is 1. The van der Waals surface area contributed by atoms with Crippen LogP contribution in [0.25, 0.3) is 0 Å². The van der Waals surface area contributed by atoms with Crippen molar-refractivity contribution in [1.82, 2.24) is 10.3 Å². The fraction of sp³-hybridized carbons (Fsp3) is 0.500. The molecule has 5 heteroatoms. The molecule has 2 N–H and O–H groups in total. The van der Waals surface area contributed by atoms with Gasteiger partial charge in [0.1, 0.15) is 5.69 Å². The number of amides is 1. The van der Waals surface area contributed by atoms with Gasteiger partial charge >= 0.3 is 0 Å². The van der Waals surface area contributed by atoms with Gasteiger partial charge in [0.05, 0.1) is 12.2 Å². The molecule has 112 valence electrons. The molecule has 0 aliphatic carbocycles. The number of nitrogens with one attached hydrogen (secondary N) is 1. The van der Waals surface area contributed by atoms with Crippen LogP contribution in [0.1, 0.15) is 35.3 Å². The molecule has 0 radical (unpaired) electrons. The molecular weight excluding hydrogens is 268 g/mol. The van der Waals surface area contributed by atoms with Crippen molar-refractivity contribution in [3.05, 3.63) is 29.6 Å². The van der Waals surface area contributed by atoms with E-state index >= 15 is 0 Å². The standard InChI is InChI=1S/C16H20N2O3/c19-10-2-1-4-14-5-3-8-17-15(14)16(20)18-9-6-13-7-11-21-12-13/h3,5,8,13,19H,2,6-7,9-12H2,(H,18,20). The zero-order valence-corrected chi connectivity index (χ0v) is 12.0. The van der Waals surface area contributed by atoms with Crippen molar-refractivity contribution in [3.63, 3.8) is 0 Å². The highest BCUT2D eigenvalue weighted by Crippen LogP contribution is 2.15. The summed E-state index contributed by atoms with van der Waals surface area (Å²) in [6.45, 7) is 2.24. The van der Waals surface area contributed by atoms with E-state index in [2.05, 4.69) is 22.1 Å². The molecule has 1 aliphatic rings. The summed E-state index contributed by atoms with van der Waals surface area (Å²) in [5, 5.41) is 11.6. The second-order valence-corrected chi connectivity index (χ2v) is 4.95. The molecule has 2 rings (SSSR count). The molecule has 1 saturated heterocycles. The van der Waals surface area contributed by atoms with Crippen molar-refractivity contribution >= 4 is 5.91 Å². The minimum Gasteiger partial charge on any atom is -0.395 e. The van der Waals surface area contributed by atoms with E-state index in [1.807, 2.05) is 0 Å². The van der Waals surface area contributed by atoms with Crippen molar-refractivity contribution in [2.24, 2.45) is 5.92 Å². The van der Waals surface area contributed by atoms with Gasteiger partial charge in [-0.15, -0.1) is 0 Å². The van der Waals surface area contributed by atoms with E-state index in [9.17, 15) is 4.79 Å². The summed E-state index contributed by atoms with van der Waals surface area (Å²) in [7, 11) is 0. The van der Waals surface area contributed by atoms with Gasteiger partial charge in [-0.25, -0.2) is 4.98 Å². The Morgan fingerprint density at radius 2 is 2.48 bits per heavy atom. The van der Waals surface area contributed by atoms with Crippen molar-refractivity contribution in [3.8, 4) is 11.8 Å². The van der Waals surface area contributed by atoms with Crippen LogP contribution in [0.4, 0.5) is 0 Å². The van der Waals surface area contributed by atoms with Crippen LogP contribution in [0.15, 0.2) is 18.3 Å². The smallest absolute Gasteiger partial charge is 0.271 e. The van der Waals surface area contributed by atoms with Crippen molar-refractivity contribution < 1.29 is 14.6 Å². The lowest BCUT2D eigenvalue weighted by atomic mass is 10.1. The largest absolute Gasteiger partial charge is 0.395 e. The zero-order valence-electron chi connectivity index (χ0n) is 12.0. The molecule has 1 aromatic heterocycles. The zero-order chi connectivity index (χ0) is 14.9. The Kier molecular flexibility index (Phi) is 6.20. The summed E-state index contributed by atoms with van der Waals surface area (Å²) >= 11 is 0. The number of nitrogens with zero attached hydrogens (tertiary/aromatic N) is 1. The van der Waals surface area contributed by atoms with Gasteiger partial charge in [-0.1, -0.05) is 11.8 Å². The van der Waals surface area contributed by atoms with Crippen LogP contribution in [-0.2, 0) is 4.74 Å². The Balaban J connectivity index is 1.90. The quantitative estimate of drug-likeness (QED) is 0.792. The van der Waals surface area contributed by atoms with E-state index in [0.717, 1.165) is 26.1 Å². The number of rotatable bonds is 5. The second-order valence-electron chi connectivity index (χ2n) is 4.95. The maximum absolute atomic E-state index is 12.1. The normalized spacial score (nSPS) is 17.1. The summed E-state index contributed by atoms with van der Waals surface area (Å²) in [6.07, 6.45) is 3.95. The van der Waals surface area contributed by atoms with E-state index in [4.69, 9.17) is 9.84 Å². The van der Waals surface area contributed by atoms with Crippen molar-refractivity contribution in [2.75, 3.05) is 26.4 Å². The number of hydrogen-bond donors (Lipinski definition) is 2. The first-order valence-electron chi connectivity index (χ1n) is 7.22. The molecule has 1 aromatic rings. The highest BCUT2D eigenvalue weighted by Gasteiger charge is 2.16. The Bertz CT molecular complexity index is 528. The predicted octanol–water partition coefficient (Wildman–Crippen LogP) is 0.972. The first-order chi connectivity index (χ1) is 10.3. The van der Waals surface area contributed by atoms with Crippen molar-refractivity contribution in [1.29, 1.82) is 0 Å². The molecule has 21 heavy (non-hydrogen) atoms. The van der Waals surface area contributed by atoms with Crippen LogP contribution < -0.4 is 5.32 Å². The summed E-state index contributed by atoms with van der Waals surface area (Å²) in [6, 6.07) is 3.51. The first-order valence-corrected chi connectivity index (χ1v) is 7.22. The van der Waals surface area contributed by atoms with Gasteiger partial charge in [-0.05, 0) is 30.9 Å². The number of aromatic nitrogens is 1. The fourth-order valence-corrected chi connectivity index (χ4v) is 2.19. The van der Waals surface area contributed by atoms with Gasteiger partial charge in [-0.2, -0.15) is 0 Å². The average molecular weight is 288 g/mol. The Labute approximate surface area is 124 Å². The third-order valence-corrected chi connectivity index (χ3v) is 3.34. The minimum absolute atomic E-state index is 0.0122. The highest BCUT2D eigenvalue weighted by molar-refractivity contribution is 5.94. The lowest BCUT2D eigenvalue weighted by Crippen LogP contribution is -2.27. The summed E-state index contributed by atoms with van der Waals surface area (Å²) in [5.74, 6) is 6.02. The molecule has 1 aliphatic heterocycles. The van der Waals surface area contributed by atoms with Crippen LogP contribution in [0.2, 0.25) is 0 Å². The molecule has 1 unspecified atom stereocenters. The number of hydrogen-bond acceptors (Lipinski definition) is 4. The van der Waals surface area contributed by atoms with Crippen LogP contribution >= 0.6 is 0 Å². The van der Waals surface area contributed by atoms with E-state index in [0.29, 0.717) is 30.1 Å². The molecule has 2 heterocycles. The molecule has 1 fully saturated rings. The van der Waals surface area contributed by atoms with E-state index in [1.54, 1.807) is 18.3 Å². The molecule has 0 bridgehead atoms. The van der Waals surface area contributed by atoms with Crippen LogP contribution in [0, 0.1) is 17.8 Å². The van der Waals surface area contributed by atoms with Gasteiger partial charge in [0.15, 0.2) is 0 Å². The Morgan fingerprint density at radius 1 is 1.57 bits per heavy atom.